The summed E-state index contributed by atoms with van der Waals surface area (Å²) in [5.74, 6) is -0.271. The number of aromatic nitrogens is 2. The Hall–Kier alpha value is -1.32. The molecule has 4 nitrogen and oxygen atoms in total. The van der Waals surface area contributed by atoms with Crippen LogP contribution in [0, 0.1) is 6.92 Å². The van der Waals surface area contributed by atoms with Crippen molar-refractivity contribution in [1.29, 1.82) is 0 Å². The third kappa shape index (κ3) is 2.51. The molecule has 0 radical (unpaired) electrons. The fourth-order valence-electron chi connectivity index (χ4n) is 2.89. The third-order valence-corrected chi connectivity index (χ3v) is 3.79. The van der Waals surface area contributed by atoms with E-state index < -0.39 is 5.97 Å². The van der Waals surface area contributed by atoms with E-state index >= 15 is 0 Å². The van der Waals surface area contributed by atoms with E-state index in [2.05, 4.69) is 5.10 Å². The fraction of sp³-hybridized carbons (Fsp3) is 0.692. The summed E-state index contributed by atoms with van der Waals surface area (Å²) in [5.41, 5.74) is 3.10. The van der Waals surface area contributed by atoms with Crippen molar-refractivity contribution < 1.29 is 9.90 Å². The van der Waals surface area contributed by atoms with E-state index in [0.717, 1.165) is 11.4 Å². The number of aliphatic carboxylic acids is 1. The summed E-state index contributed by atoms with van der Waals surface area (Å²) in [6, 6.07) is 0. The average Bonchev–Trinajstić information content (AvgIpc) is 2.55. The van der Waals surface area contributed by atoms with E-state index in [1.807, 2.05) is 18.7 Å². The molecule has 94 valence electrons. The van der Waals surface area contributed by atoms with Crippen molar-refractivity contribution in [1.82, 2.24) is 9.78 Å². The van der Waals surface area contributed by atoms with Crippen molar-refractivity contribution in [3.8, 4) is 0 Å². The number of hydrogen-bond donors (Lipinski definition) is 1. The first-order chi connectivity index (χ1) is 8.09. The second kappa shape index (κ2) is 4.90. The molecule has 1 aliphatic rings. The standard InChI is InChI=1S/C13H20N2O2/c1-9-13(10-6-4-3-5-7-10)11(8-12(16)17)14-15(9)2/h10H,3-8H2,1-2H3,(H,16,17). The zero-order valence-corrected chi connectivity index (χ0v) is 10.6. The molecule has 2 rings (SSSR count). The van der Waals surface area contributed by atoms with Gasteiger partial charge in [0.05, 0.1) is 12.1 Å². The molecule has 1 heterocycles. The van der Waals surface area contributed by atoms with E-state index in [1.165, 1.54) is 37.7 Å². The number of rotatable bonds is 3. The van der Waals surface area contributed by atoms with Crippen LogP contribution in [0.4, 0.5) is 0 Å². The number of nitrogens with zero attached hydrogens (tertiary/aromatic N) is 2. The van der Waals surface area contributed by atoms with Crippen LogP contribution in [0.3, 0.4) is 0 Å². The molecule has 0 unspecified atom stereocenters. The highest BCUT2D eigenvalue weighted by molar-refractivity contribution is 5.70. The van der Waals surface area contributed by atoms with Gasteiger partial charge in [-0.3, -0.25) is 9.48 Å². The maximum atomic E-state index is 10.9. The molecule has 1 aromatic rings. The lowest BCUT2D eigenvalue weighted by Gasteiger charge is -2.22. The Bertz CT molecular complexity index is 417. The van der Waals surface area contributed by atoms with Crippen LogP contribution >= 0.6 is 0 Å². The zero-order chi connectivity index (χ0) is 12.4. The molecule has 0 saturated heterocycles. The molecule has 1 aliphatic carbocycles. The first kappa shape index (κ1) is 12.1. The molecule has 0 bridgehead atoms. The van der Waals surface area contributed by atoms with Gasteiger partial charge in [-0.1, -0.05) is 19.3 Å². The molecule has 1 N–H and O–H groups in total. The second-order valence-electron chi connectivity index (χ2n) is 4.97. The summed E-state index contributed by atoms with van der Waals surface area (Å²) >= 11 is 0. The third-order valence-electron chi connectivity index (χ3n) is 3.79. The van der Waals surface area contributed by atoms with E-state index in [-0.39, 0.29) is 6.42 Å². The van der Waals surface area contributed by atoms with Crippen molar-refractivity contribution in [3.63, 3.8) is 0 Å². The van der Waals surface area contributed by atoms with E-state index in [0.29, 0.717) is 5.92 Å². The maximum absolute atomic E-state index is 10.9. The Labute approximate surface area is 102 Å². The first-order valence-electron chi connectivity index (χ1n) is 6.33. The van der Waals surface area contributed by atoms with Gasteiger partial charge in [-0.05, 0) is 31.2 Å². The minimum atomic E-state index is -0.792. The monoisotopic (exact) mass is 236 g/mol. The van der Waals surface area contributed by atoms with Gasteiger partial charge in [0, 0.05) is 12.7 Å². The Morgan fingerprint density at radius 1 is 1.41 bits per heavy atom. The highest BCUT2D eigenvalue weighted by Gasteiger charge is 2.24. The summed E-state index contributed by atoms with van der Waals surface area (Å²) in [6.45, 7) is 2.04. The van der Waals surface area contributed by atoms with Gasteiger partial charge < -0.3 is 5.11 Å². The quantitative estimate of drug-likeness (QED) is 0.876. The van der Waals surface area contributed by atoms with Crippen molar-refractivity contribution in [2.45, 2.75) is 51.4 Å². The maximum Gasteiger partial charge on any atom is 0.309 e. The zero-order valence-electron chi connectivity index (χ0n) is 10.6. The summed E-state index contributed by atoms with van der Waals surface area (Å²) in [5, 5.41) is 13.3. The van der Waals surface area contributed by atoms with E-state index in [9.17, 15) is 4.79 Å². The largest absolute Gasteiger partial charge is 0.481 e. The van der Waals surface area contributed by atoms with Crippen LogP contribution in [-0.2, 0) is 18.3 Å². The molecule has 0 amide bonds. The van der Waals surface area contributed by atoms with Gasteiger partial charge in [0.15, 0.2) is 0 Å². The lowest BCUT2D eigenvalue weighted by Crippen LogP contribution is -2.10. The average molecular weight is 236 g/mol. The Morgan fingerprint density at radius 3 is 2.65 bits per heavy atom. The van der Waals surface area contributed by atoms with Gasteiger partial charge in [-0.25, -0.2) is 0 Å². The highest BCUT2D eigenvalue weighted by atomic mass is 16.4. The lowest BCUT2D eigenvalue weighted by molar-refractivity contribution is -0.136. The number of hydrogen-bond acceptors (Lipinski definition) is 2. The van der Waals surface area contributed by atoms with Crippen LogP contribution < -0.4 is 0 Å². The number of carbonyl (C=O) groups is 1. The van der Waals surface area contributed by atoms with Gasteiger partial charge in [0.1, 0.15) is 0 Å². The molecule has 1 saturated carbocycles. The highest BCUT2D eigenvalue weighted by Crippen LogP contribution is 2.36. The van der Waals surface area contributed by atoms with Crippen LogP contribution in [0.5, 0.6) is 0 Å². The molecule has 17 heavy (non-hydrogen) atoms. The Kier molecular flexibility index (Phi) is 3.50. The van der Waals surface area contributed by atoms with Crippen LogP contribution in [-0.4, -0.2) is 20.9 Å². The summed E-state index contributed by atoms with van der Waals surface area (Å²) in [4.78, 5) is 10.9. The predicted molar refractivity (Wildman–Crippen MR) is 65.1 cm³/mol. The Morgan fingerprint density at radius 2 is 2.06 bits per heavy atom. The molecule has 0 aliphatic heterocycles. The molecular weight excluding hydrogens is 216 g/mol. The normalized spacial score (nSPS) is 17.3. The van der Waals surface area contributed by atoms with Crippen LogP contribution in [0.2, 0.25) is 0 Å². The second-order valence-corrected chi connectivity index (χ2v) is 4.97. The topological polar surface area (TPSA) is 55.1 Å². The molecule has 0 aromatic carbocycles. The van der Waals surface area contributed by atoms with Crippen LogP contribution in [0.25, 0.3) is 0 Å². The van der Waals surface area contributed by atoms with Crippen molar-refractivity contribution in [2.75, 3.05) is 0 Å². The summed E-state index contributed by atoms with van der Waals surface area (Å²) in [7, 11) is 1.90. The van der Waals surface area contributed by atoms with Crippen LogP contribution in [0.15, 0.2) is 0 Å². The fourth-order valence-corrected chi connectivity index (χ4v) is 2.89. The lowest BCUT2D eigenvalue weighted by atomic mass is 9.82. The molecule has 0 spiro atoms. The molecule has 1 fully saturated rings. The molecule has 1 aromatic heterocycles. The minimum Gasteiger partial charge on any atom is -0.481 e. The summed E-state index contributed by atoms with van der Waals surface area (Å²) < 4.78 is 1.82. The van der Waals surface area contributed by atoms with Gasteiger partial charge in [0.25, 0.3) is 0 Å². The number of aryl methyl sites for hydroxylation is 1. The molecule has 4 heteroatoms. The predicted octanol–water partition coefficient (Wildman–Crippen LogP) is 2.40. The SMILES string of the molecule is Cc1c(C2CCCCC2)c(CC(=O)O)nn1C. The van der Waals surface area contributed by atoms with Crippen molar-refractivity contribution in [2.24, 2.45) is 7.05 Å². The van der Waals surface area contributed by atoms with Gasteiger partial charge >= 0.3 is 5.97 Å². The van der Waals surface area contributed by atoms with Crippen molar-refractivity contribution >= 4 is 5.97 Å². The smallest absolute Gasteiger partial charge is 0.309 e. The minimum absolute atomic E-state index is 0.0491. The van der Waals surface area contributed by atoms with Gasteiger partial charge in [-0.2, -0.15) is 5.10 Å². The number of carboxylic acid groups (broad SMARTS) is 1. The number of carboxylic acids is 1. The molecular formula is C13H20N2O2. The van der Waals surface area contributed by atoms with E-state index in [1.54, 1.807) is 0 Å². The van der Waals surface area contributed by atoms with Crippen molar-refractivity contribution in [3.05, 3.63) is 17.0 Å². The van der Waals surface area contributed by atoms with Gasteiger partial charge in [-0.15, -0.1) is 0 Å². The summed E-state index contributed by atoms with van der Waals surface area (Å²) in [6.07, 6.45) is 6.23. The first-order valence-corrected chi connectivity index (χ1v) is 6.33. The van der Waals surface area contributed by atoms with Gasteiger partial charge in [0.2, 0.25) is 0 Å². The Balaban J connectivity index is 2.32. The van der Waals surface area contributed by atoms with E-state index in [4.69, 9.17) is 5.11 Å². The molecule has 0 atom stereocenters. The van der Waals surface area contributed by atoms with Crippen LogP contribution in [0.1, 0.15) is 55.0 Å².